The van der Waals surface area contributed by atoms with Crippen LogP contribution < -0.4 is 16.0 Å². The van der Waals surface area contributed by atoms with Crippen molar-refractivity contribution in [2.45, 2.75) is 6.04 Å². The van der Waals surface area contributed by atoms with Gasteiger partial charge >= 0.3 is 0 Å². The number of anilines is 1. The van der Waals surface area contributed by atoms with Gasteiger partial charge in [-0.3, -0.25) is 4.79 Å². The van der Waals surface area contributed by atoms with Crippen molar-refractivity contribution in [1.29, 1.82) is 0 Å². The van der Waals surface area contributed by atoms with E-state index in [0.717, 1.165) is 21.3 Å². The Morgan fingerprint density at radius 3 is 3.00 bits per heavy atom. The number of carbonyl (C=O) groups excluding carboxylic acids is 1. The molecule has 2 rings (SSSR count). The van der Waals surface area contributed by atoms with Crippen LogP contribution in [0.5, 0.6) is 0 Å². The molecule has 1 saturated heterocycles. The highest BCUT2D eigenvalue weighted by Crippen LogP contribution is 2.28. The number of amides is 1. The molecule has 3 N–H and O–H groups in total. The number of pyridine rings is 1. The Balaban J connectivity index is 2.32. The zero-order chi connectivity index (χ0) is 12.4. The van der Waals surface area contributed by atoms with Crippen molar-refractivity contribution in [1.82, 2.24) is 10.3 Å². The molecule has 1 atom stereocenters. The van der Waals surface area contributed by atoms with Crippen molar-refractivity contribution in [2.24, 2.45) is 5.73 Å². The molecule has 0 radical (unpaired) electrons. The van der Waals surface area contributed by atoms with Crippen LogP contribution in [0, 0.1) is 0 Å². The molecule has 2 heterocycles. The van der Waals surface area contributed by atoms with Crippen molar-refractivity contribution in [3.05, 3.63) is 21.2 Å². The molecule has 1 unspecified atom stereocenters. The molecule has 1 aromatic rings. The van der Waals surface area contributed by atoms with Crippen molar-refractivity contribution in [3.8, 4) is 0 Å². The minimum absolute atomic E-state index is 0.339. The van der Waals surface area contributed by atoms with Gasteiger partial charge in [0, 0.05) is 30.3 Å². The van der Waals surface area contributed by atoms with E-state index in [1.165, 1.54) is 0 Å². The Labute approximate surface area is 116 Å². The summed E-state index contributed by atoms with van der Waals surface area (Å²) >= 11 is 6.80. The Bertz CT molecular complexity index is 440. The second-order valence-corrected chi connectivity index (χ2v) is 5.54. The summed E-state index contributed by atoms with van der Waals surface area (Å²) < 4.78 is 1.74. The van der Waals surface area contributed by atoms with Crippen LogP contribution >= 0.6 is 31.9 Å². The maximum atomic E-state index is 11.4. The maximum absolute atomic E-state index is 11.4. The van der Waals surface area contributed by atoms with Gasteiger partial charge in [0.15, 0.2) is 0 Å². The van der Waals surface area contributed by atoms with E-state index in [2.05, 4.69) is 42.2 Å². The molecule has 1 fully saturated rings. The van der Waals surface area contributed by atoms with Crippen LogP contribution in [0.25, 0.3) is 0 Å². The lowest BCUT2D eigenvalue weighted by atomic mass is 10.2. The van der Waals surface area contributed by atoms with Crippen molar-refractivity contribution < 1.29 is 4.79 Å². The highest BCUT2D eigenvalue weighted by molar-refractivity contribution is 9.11. The summed E-state index contributed by atoms with van der Waals surface area (Å²) in [4.78, 5) is 17.7. The highest BCUT2D eigenvalue weighted by Gasteiger charge is 2.28. The molecule has 5 nitrogen and oxygen atoms in total. The van der Waals surface area contributed by atoms with Gasteiger partial charge < -0.3 is 16.0 Å². The lowest BCUT2D eigenvalue weighted by Crippen LogP contribution is -2.57. The number of hydrogen-bond acceptors (Lipinski definition) is 4. The summed E-state index contributed by atoms with van der Waals surface area (Å²) in [5.41, 5.74) is 5.40. The van der Waals surface area contributed by atoms with Crippen molar-refractivity contribution in [2.75, 3.05) is 24.5 Å². The minimum atomic E-state index is -0.353. The SMILES string of the molecule is NC(=O)C1CNCCN1c1ncc(Br)cc1Br. The van der Waals surface area contributed by atoms with Crippen LogP contribution in [0.2, 0.25) is 0 Å². The average molecular weight is 364 g/mol. The molecule has 1 aromatic heterocycles. The second kappa shape index (κ2) is 5.32. The fourth-order valence-corrected chi connectivity index (χ4v) is 3.05. The molecule has 1 aliphatic heterocycles. The second-order valence-electron chi connectivity index (χ2n) is 3.77. The number of carbonyl (C=O) groups is 1. The Hall–Kier alpha value is -0.660. The van der Waals surface area contributed by atoms with E-state index < -0.39 is 0 Å². The lowest BCUT2D eigenvalue weighted by molar-refractivity contribution is -0.119. The molecule has 1 amide bonds. The van der Waals surface area contributed by atoms with E-state index >= 15 is 0 Å². The van der Waals surface area contributed by atoms with Crippen molar-refractivity contribution >= 4 is 43.6 Å². The van der Waals surface area contributed by atoms with Crippen LogP contribution in [0.4, 0.5) is 5.82 Å². The molecule has 0 aliphatic carbocycles. The third-order valence-electron chi connectivity index (χ3n) is 2.63. The van der Waals surface area contributed by atoms with Crippen LogP contribution in [0.3, 0.4) is 0 Å². The minimum Gasteiger partial charge on any atom is -0.368 e. The molecular formula is C10H12Br2N4O. The number of hydrogen-bond donors (Lipinski definition) is 2. The maximum Gasteiger partial charge on any atom is 0.241 e. The van der Waals surface area contributed by atoms with Crippen LogP contribution in [0.15, 0.2) is 21.2 Å². The third-order valence-corrected chi connectivity index (χ3v) is 3.65. The molecular weight excluding hydrogens is 352 g/mol. The fourth-order valence-electron chi connectivity index (χ4n) is 1.83. The number of halogens is 2. The van der Waals surface area contributed by atoms with E-state index in [0.29, 0.717) is 13.1 Å². The highest BCUT2D eigenvalue weighted by atomic mass is 79.9. The molecule has 0 bridgehead atoms. The summed E-state index contributed by atoms with van der Waals surface area (Å²) in [7, 11) is 0. The monoisotopic (exact) mass is 362 g/mol. The van der Waals surface area contributed by atoms with Gasteiger partial charge in [0.05, 0.1) is 4.47 Å². The summed E-state index contributed by atoms with van der Waals surface area (Å²) in [6.45, 7) is 2.08. The standard InChI is InChI=1S/C10H12Br2N4O/c11-6-3-7(12)10(15-4-6)16-2-1-14-5-8(16)9(13)17/h3-4,8,14H,1-2,5H2,(H2,13,17). The van der Waals surface area contributed by atoms with E-state index in [-0.39, 0.29) is 11.9 Å². The zero-order valence-electron chi connectivity index (χ0n) is 8.99. The molecule has 1 aliphatic rings. The average Bonchev–Trinajstić information content (AvgIpc) is 2.29. The first-order chi connectivity index (χ1) is 8.09. The van der Waals surface area contributed by atoms with E-state index in [4.69, 9.17) is 5.73 Å². The van der Waals surface area contributed by atoms with Gasteiger partial charge in [-0.05, 0) is 37.9 Å². The number of nitrogens with zero attached hydrogens (tertiary/aromatic N) is 2. The Morgan fingerprint density at radius 1 is 1.59 bits per heavy atom. The smallest absolute Gasteiger partial charge is 0.241 e. The predicted octanol–water partition coefficient (Wildman–Crippen LogP) is 0.870. The summed E-state index contributed by atoms with van der Waals surface area (Å²) in [5, 5.41) is 3.15. The molecule has 92 valence electrons. The largest absolute Gasteiger partial charge is 0.368 e. The van der Waals surface area contributed by atoms with E-state index in [1.54, 1.807) is 6.20 Å². The van der Waals surface area contributed by atoms with E-state index in [9.17, 15) is 4.79 Å². The van der Waals surface area contributed by atoms with Gasteiger partial charge in [0.25, 0.3) is 0 Å². The molecule has 0 saturated carbocycles. The van der Waals surface area contributed by atoms with Crippen LogP contribution in [-0.2, 0) is 4.79 Å². The van der Waals surface area contributed by atoms with Gasteiger partial charge in [0.2, 0.25) is 5.91 Å². The zero-order valence-corrected chi connectivity index (χ0v) is 12.2. The van der Waals surface area contributed by atoms with Crippen molar-refractivity contribution in [3.63, 3.8) is 0 Å². The summed E-state index contributed by atoms with van der Waals surface area (Å²) in [6, 6.07) is 1.55. The molecule has 0 aromatic carbocycles. The summed E-state index contributed by atoms with van der Waals surface area (Å²) in [5.74, 6) is 0.410. The molecule has 17 heavy (non-hydrogen) atoms. The Kier molecular flexibility index (Phi) is 4.01. The van der Waals surface area contributed by atoms with Gasteiger partial charge in [-0.1, -0.05) is 0 Å². The fraction of sp³-hybridized carbons (Fsp3) is 0.400. The number of aromatic nitrogens is 1. The van der Waals surface area contributed by atoms with E-state index in [1.807, 2.05) is 11.0 Å². The van der Waals surface area contributed by atoms with Crippen LogP contribution in [-0.4, -0.2) is 36.6 Å². The molecule has 0 spiro atoms. The van der Waals surface area contributed by atoms with Gasteiger partial charge in [-0.2, -0.15) is 0 Å². The third kappa shape index (κ3) is 2.78. The Morgan fingerprint density at radius 2 is 2.35 bits per heavy atom. The lowest BCUT2D eigenvalue weighted by Gasteiger charge is -2.35. The van der Waals surface area contributed by atoms with Crippen LogP contribution in [0.1, 0.15) is 0 Å². The topological polar surface area (TPSA) is 71.2 Å². The first kappa shape index (κ1) is 12.8. The molecule has 7 heteroatoms. The summed E-state index contributed by atoms with van der Waals surface area (Å²) in [6.07, 6.45) is 1.71. The number of nitrogens with two attached hydrogens (primary N) is 1. The first-order valence-electron chi connectivity index (χ1n) is 5.17. The number of piperazine rings is 1. The quantitative estimate of drug-likeness (QED) is 0.817. The normalized spacial score (nSPS) is 20.4. The number of rotatable bonds is 2. The predicted molar refractivity (Wildman–Crippen MR) is 72.8 cm³/mol. The first-order valence-corrected chi connectivity index (χ1v) is 6.76. The number of nitrogens with one attached hydrogen (secondary N) is 1. The van der Waals surface area contributed by atoms with Gasteiger partial charge in [-0.15, -0.1) is 0 Å². The van der Waals surface area contributed by atoms with Gasteiger partial charge in [0.1, 0.15) is 11.9 Å². The van der Waals surface area contributed by atoms with Gasteiger partial charge in [-0.25, -0.2) is 4.98 Å². The number of primary amides is 1.